The summed E-state index contributed by atoms with van der Waals surface area (Å²) in [5, 5.41) is 0.909. The Hall–Kier alpha value is -0.170. The van der Waals surface area contributed by atoms with Crippen molar-refractivity contribution >= 4 is 78.0 Å². The largest absolute Gasteiger partial charge is 0.277 e. The molecule has 0 aromatic heterocycles. The summed E-state index contributed by atoms with van der Waals surface area (Å²) in [5.74, 6) is 0. The van der Waals surface area contributed by atoms with E-state index in [2.05, 4.69) is 20.7 Å². The minimum Gasteiger partial charge on any atom is -0.277 e. The van der Waals surface area contributed by atoms with E-state index in [1.807, 2.05) is 0 Å². The van der Waals surface area contributed by atoms with Crippen LogP contribution in [0.2, 0.25) is 20.1 Å². The highest BCUT2D eigenvalue weighted by atomic mass is 79.9. The van der Waals surface area contributed by atoms with E-state index in [0.29, 0.717) is 14.5 Å². The molecule has 0 unspecified atom stereocenters. The number of halogens is 5. The Morgan fingerprint density at radius 3 is 2.00 bits per heavy atom. The molecule has 0 heterocycles. The second-order valence-electron chi connectivity index (χ2n) is 3.93. The van der Waals surface area contributed by atoms with Gasteiger partial charge in [0.15, 0.2) is 0 Å². The highest BCUT2D eigenvalue weighted by Gasteiger charge is 2.19. The van der Waals surface area contributed by atoms with Crippen LogP contribution in [0.3, 0.4) is 0 Å². The first-order valence-electron chi connectivity index (χ1n) is 5.33. The predicted molar refractivity (Wildman–Crippen MR) is 91.4 cm³/mol. The average Bonchev–Trinajstić information content (AvgIpc) is 2.37. The molecule has 1 N–H and O–H groups in total. The molecule has 0 fully saturated rings. The van der Waals surface area contributed by atoms with Crippen LogP contribution >= 0.6 is 62.3 Å². The van der Waals surface area contributed by atoms with Crippen LogP contribution in [0, 0.1) is 0 Å². The molecule has 0 aliphatic carbocycles. The standard InChI is InChI=1S/C12H6BrCl4NO2S/c13-8-5-7(1-2-9(8)15)21(19,20)18-12-10(16)3-6(14)4-11(12)17/h1-5,18H. The number of benzene rings is 2. The van der Waals surface area contributed by atoms with Gasteiger partial charge < -0.3 is 0 Å². The van der Waals surface area contributed by atoms with Crippen LogP contribution in [0.5, 0.6) is 0 Å². The van der Waals surface area contributed by atoms with Gasteiger partial charge in [-0.05, 0) is 46.3 Å². The Kier molecular flexibility index (Phi) is 5.34. The van der Waals surface area contributed by atoms with Crippen LogP contribution in [-0.4, -0.2) is 8.42 Å². The summed E-state index contributed by atoms with van der Waals surface area (Å²) in [6, 6.07) is 7.00. The van der Waals surface area contributed by atoms with Gasteiger partial charge in [0.1, 0.15) is 0 Å². The van der Waals surface area contributed by atoms with Gasteiger partial charge in [-0.15, -0.1) is 0 Å². The van der Waals surface area contributed by atoms with E-state index in [9.17, 15) is 8.42 Å². The number of rotatable bonds is 3. The van der Waals surface area contributed by atoms with Crippen LogP contribution in [0.4, 0.5) is 5.69 Å². The van der Waals surface area contributed by atoms with E-state index in [4.69, 9.17) is 46.4 Å². The number of hydrogen-bond donors (Lipinski definition) is 1. The van der Waals surface area contributed by atoms with Crippen molar-refractivity contribution in [3.63, 3.8) is 0 Å². The summed E-state index contributed by atoms with van der Waals surface area (Å²) in [6.45, 7) is 0. The molecule has 21 heavy (non-hydrogen) atoms. The van der Waals surface area contributed by atoms with Crippen molar-refractivity contribution in [3.8, 4) is 0 Å². The van der Waals surface area contributed by atoms with Crippen LogP contribution in [0.25, 0.3) is 0 Å². The summed E-state index contributed by atoms with van der Waals surface area (Å²) in [6.07, 6.45) is 0. The average molecular weight is 450 g/mol. The molecule has 0 aliphatic rings. The predicted octanol–water partition coefficient (Wildman–Crippen LogP) is 5.86. The van der Waals surface area contributed by atoms with Gasteiger partial charge in [-0.25, -0.2) is 8.42 Å². The van der Waals surface area contributed by atoms with Gasteiger partial charge >= 0.3 is 0 Å². The maximum absolute atomic E-state index is 12.3. The van der Waals surface area contributed by atoms with E-state index in [1.54, 1.807) is 0 Å². The van der Waals surface area contributed by atoms with Gasteiger partial charge in [-0.3, -0.25) is 4.72 Å². The normalized spacial score (nSPS) is 11.5. The molecule has 9 heteroatoms. The van der Waals surface area contributed by atoms with Crippen molar-refractivity contribution in [3.05, 3.63) is 54.9 Å². The molecule has 0 spiro atoms. The molecule has 0 saturated heterocycles. The van der Waals surface area contributed by atoms with Gasteiger partial charge in [-0.2, -0.15) is 0 Å². The fourth-order valence-electron chi connectivity index (χ4n) is 1.48. The molecule has 0 amide bonds. The van der Waals surface area contributed by atoms with Crippen molar-refractivity contribution in [2.75, 3.05) is 4.72 Å². The lowest BCUT2D eigenvalue weighted by molar-refractivity contribution is 0.601. The number of sulfonamides is 1. The van der Waals surface area contributed by atoms with E-state index >= 15 is 0 Å². The van der Waals surface area contributed by atoms with Crippen LogP contribution in [0.1, 0.15) is 0 Å². The molecular weight excluding hydrogens is 444 g/mol. The fraction of sp³-hybridized carbons (Fsp3) is 0. The van der Waals surface area contributed by atoms with E-state index < -0.39 is 10.0 Å². The summed E-state index contributed by atoms with van der Waals surface area (Å²) in [7, 11) is -3.86. The third-order valence-corrected chi connectivity index (χ3v) is 5.82. The van der Waals surface area contributed by atoms with Crippen molar-refractivity contribution in [1.29, 1.82) is 0 Å². The number of nitrogens with one attached hydrogen (secondary N) is 1. The third kappa shape index (κ3) is 3.97. The van der Waals surface area contributed by atoms with Gasteiger partial charge in [-0.1, -0.05) is 46.4 Å². The first-order valence-corrected chi connectivity index (χ1v) is 9.12. The lowest BCUT2D eigenvalue weighted by atomic mass is 10.3. The maximum Gasteiger partial charge on any atom is 0.262 e. The Balaban J connectivity index is 2.44. The number of hydrogen-bond acceptors (Lipinski definition) is 2. The topological polar surface area (TPSA) is 46.2 Å². The zero-order chi connectivity index (χ0) is 15.8. The molecule has 0 aliphatic heterocycles. The summed E-state index contributed by atoms with van der Waals surface area (Å²) >= 11 is 26.7. The summed E-state index contributed by atoms with van der Waals surface area (Å²) in [5.41, 5.74) is 0.0637. The zero-order valence-corrected chi connectivity index (χ0v) is 15.4. The molecule has 2 rings (SSSR count). The summed E-state index contributed by atoms with van der Waals surface area (Å²) < 4.78 is 27.4. The minimum atomic E-state index is -3.86. The van der Waals surface area contributed by atoms with Crippen molar-refractivity contribution in [2.24, 2.45) is 0 Å². The van der Waals surface area contributed by atoms with E-state index in [0.717, 1.165) is 0 Å². The highest BCUT2D eigenvalue weighted by Crippen LogP contribution is 2.35. The van der Waals surface area contributed by atoms with Crippen LogP contribution < -0.4 is 4.72 Å². The van der Waals surface area contributed by atoms with Crippen molar-refractivity contribution < 1.29 is 8.42 Å². The molecule has 3 nitrogen and oxygen atoms in total. The third-order valence-electron chi connectivity index (χ3n) is 2.44. The van der Waals surface area contributed by atoms with Gasteiger partial charge in [0.25, 0.3) is 10.0 Å². The Morgan fingerprint density at radius 2 is 1.48 bits per heavy atom. The van der Waals surface area contributed by atoms with Crippen LogP contribution in [-0.2, 0) is 10.0 Å². The Morgan fingerprint density at radius 1 is 0.905 bits per heavy atom. The van der Waals surface area contributed by atoms with Gasteiger partial charge in [0.2, 0.25) is 0 Å². The quantitative estimate of drug-likeness (QED) is 0.637. The van der Waals surface area contributed by atoms with Gasteiger partial charge in [0, 0.05) is 9.50 Å². The maximum atomic E-state index is 12.3. The number of anilines is 1. The SMILES string of the molecule is O=S(=O)(Nc1c(Cl)cc(Cl)cc1Cl)c1ccc(Cl)c(Br)c1. The molecule has 2 aromatic carbocycles. The van der Waals surface area contributed by atoms with Crippen molar-refractivity contribution in [1.82, 2.24) is 0 Å². The van der Waals surface area contributed by atoms with Crippen molar-refractivity contribution in [2.45, 2.75) is 4.90 Å². The molecule has 0 atom stereocenters. The summed E-state index contributed by atoms with van der Waals surface area (Å²) in [4.78, 5) is 0.0147. The first-order chi connectivity index (χ1) is 9.70. The second kappa shape index (κ2) is 6.52. The molecular formula is C12H6BrCl4NO2S. The second-order valence-corrected chi connectivity index (χ2v) is 8.12. The molecule has 0 saturated carbocycles. The minimum absolute atomic E-state index is 0.0147. The van der Waals surface area contributed by atoms with E-state index in [-0.39, 0.29) is 20.6 Å². The Bertz CT molecular complexity index is 788. The smallest absolute Gasteiger partial charge is 0.262 e. The zero-order valence-electron chi connectivity index (χ0n) is 10.0. The lowest BCUT2D eigenvalue weighted by Crippen LogP contribution is -2.13. The molecule has 112 valence electrons. The fourth-order valence-corrected chi connectivity index (χ4v) is 4.28. The van der Waals surface area contributed by atoms with E-state index in [1.165, 1.54) is 30.3 Å². The molecule has 0 radical (unpaired) electrons. The molecule has 0 bridgehead atoms. The Labute approximate surface area is 150 Å². The van der Waals surface area contributed by atoms with Crippen LogP contribution in [0.15, 0.2) is 39.7 Å². The monoisotopic (exact) mass is 447 g/mol. The first kappa shape index (κ1) is 17.2. The molecule has 2 aromatic rings. The van der Waals surface area contributed by atoms with Gasteiger partial charge in [0.05, 0.1) is 25.7 Å². The lowest BCUT2D eigenvalue weighted by Gasteiger charge is -2.12. The highest BCUT2D eigenvalue weighted by molar-refractivity contribution is 9.10.